The van der Waals surface area contributed by atoms with Gasteiger partial charge < -0.3 is 13.9 Å². The third-order valence-corrected chi connectivity index (χ3v) is 17.3. The fraction of sp³-hybridized carbons (Fsp3) is 0.967. The van der Waals surface area contributed by atoms with Crippen LogP contribution in [0.5, 0.6) is 0 Å². The average molecular weight is 507 g/mol. The van der Waals surface area contributed by atoms with E-state index in [9.17, 15) is 4.79 Å². The van der Waals surface area contributed by atoms with E-state index >= 15 is 0 Å². The fourth-order valence-electron chi connectivity index (χ4n) is 10.1. The summed E-state index contributed by atoms with van der Waals surface area (Å²) >= 11 is 0. The first-order valence-electron chi connectivity index (χ1n) is 14.6. The Hall–Kier alpha value is -0.233. The van der Waals surface area contributed by atoms with Gasteiger partial charge in [0.05, 0.1) is 12.2 Å². The van der Waals surface area contributed by atoms with Crippen LogP contribution in [0.2, 0.25) is 16.6 Å². The summed E-state index contributed by atoms with van der Waals surface area (Å²) in [6.07, 6.45) is 5.33. The van der Waals surface area contributed by atoms with E-state index < -0.39 is 14.1 Å². The van der Waals surface area contributed by atoms with Crippen molar-refractivity contribution in [3.63, 3.8) is 0 Å². The summed E-state index contributed by atoms with van der Waals surface area (Å²) < 4.78 is 20.8. The number of ketones is 1. The van der Waals surface area contributed by atoms with Crippen LogP contribution >= 0.6 is 0 Å². The topological polar surface area (TPSA) is 44.8 Å². The Kier molecular flexibility index (Phi) is 7.31. The summed E-state index contributed by atoms with van der Waals surface area (Å²) in [4.78, 5) is 12.8. The molecule has 1 heterocycles. The Morgan fingerprint density at radius 1 is 0.943 bits per heavy atom. The molecule has 4 fully saturated rings. The van der Waals surface area contributed by atoms with Crippen molar-refractivity contribution >= 4 is 14.1 Å². The van der Waals surface area contributed by atoms with E-state index in [1.807, 2.05) is 0 Å². The molecule has 0 bridgehead atoms. The molecule has 3 saturated carbocycles. The van der Waals surface area contributed by atoms with Crippen molar-refractivity contribution in [1.29, 1.82) is 0 Å². The van der Waals surface area contributed by atoms with Crippen molar-refractivity contribution in [1.82, 2.24) is 0 Å². The molecule has 4 rings (SSSR count). The number of hydrogen-bond donors (Lipinski definition) is 0. The van der Waals surface area contributed by atoms with Crippen molar-refractivity contribution in [2.75, 3.05) is 6.61 Å². The lowest BCUT2D eigenvalue weighted by atomic mass is 9.41. The van der Waals surface area contributed by atoms with Gasteiger partial charge in [-0.05, 0) is 78.8 Å². The standard InChI is InChI=1S/C30H54O4Si/c1-18(2)35(19(3)4,20(5)6)32-17-30-15-12-23-22(8)24(31)13-14-29(23,11)27(30)26-25(21(7)16-30)33-28(9,10)34-26/h18-23,25-27H,12-17H2,1-11H3/t21-,22+,23+,25-,26-,27-,29+,30+/m1/s1. The molecule has 1 aliphatic heterocycles. The number of rotatable bonds is 6. The maximum absolute atomic E-state index is 12.8. The van der Waals surface area contributed by atoms with Gasteiger partial charge in [-0.15, -0.1) is 0 Å². The predicted octanol–water partition coefficient (Wildman–Crippen LogP) is 7.76. The summed E-state index contributed by atoms with van der Waals surface area (Å²) in [5, 5.41) is 0. The molecule has 3 aliphatic carbocycles. The lowest BCUT2D eigenvalue weighted by molar-refractivity contribution is -0.208. The molecule has 0 unspecified atom stereocenters. The van der Waals surface area contributed by atoms with Gasteiger partial charge in [0.2, 0.25) is 0 Å². The molecular formula is C30H54O4Si. The number of carbonyl (C=O) groups is 1. The second kappa shape index (κ2) is 9.20. The van der Waals surface area contributed by atoms with Crippen molar-refractivity contribution in [3.8, 4) is 0 Å². The quantitative estimate of drug-likeness (QED) is 0.345. The minimum atomic E-state index is -2.00. The van der Waals surface area contributed by atoms with E-state index in [-0.39, 0.29) is 29.0 Å². The van der Waals surface area contributed by atoms with Crippen LogP contribution in [0.4, 0.5) is 0 Å². The van der Waals surface area contributed by atoms with Gasteiger partial charge in [0.1, 0.15) is 5.78 Å². The monoisotopic (exact) mass is 506 g/mol. The smallest absolute Gasteiger partial charge is 0.200 e. The van der Waals surface area contributed by atoms with Crippen molar-refractivity contribution in [2.45, 2.75) is 143 Å². The molecule has 8 atom stereocenters. The molecule has 0 aromatic rings. The number of ether oxygens (including phenoxy) is 2. The van der Waals surface area contributed by atoms with Crippen molar-refractivity contribution < 1.29 is 18.7 Å². The number of fused-ring (bicyclic) bond motifs is 5. The summed E-state index contributed by atoms with van der Waals surface area (Å²) in [6.45, 7) is 26.4. The highest BCUT2D eigenvalue weighted by atomic mass is 28.4. The first-order chi connectivity index (χ1) is 16.1. The molecule has 4 nitrogen and oxygen atoms in total. The van der Waals surface area contributed by atoms with Gasteiger partial charge >= 0.3 is 0 Å². The largest absolute Gasteiger partial charge is 0.415 e. The van der Waals surface area contributed by atoms with E-state index in [1.165, 1.54) is 0 Å². The van der Waals surface area contributed by atoms with Gasteiger partial charge in [0.15, 0.2) is 14.1 Å². The summed E-state index contributed by atoms with van der Waals surface area (Å²) in [6, 6.07) is 0. The molecule has 5 heteroatoms. The number of carbonyl (C=O) groups excluding carboxylic acids is 1. The van der Waals surface area contributed by atoms with Gasteiger partial charge in [-0.1, -0.05) is 62.3 Å². The Balaban J connectivity index is 1.77. The van der Waals surface area contributed by atoms with Crippen molar-refractivity contribution in [3.05, 3.63) is 0 Å². The second-order valence-electron chi connectivity index (χ2n) is 14.6. The lowest BCUT2D eigenvalue weighted by Gasteiger charge is -2.65. The van der Waals surface area contributed by atoms with E-state index in [1.54, 1.807) is 0 Å². The van der Waals surface area contributed by atoms with Gasteiger partial charge in [-0.2, -0.15) is 0 Å². The Labute approximate surface area is 216 Å². The highest BCUT2D eigenvalue weighted by Crippen LogP contribution is 2.67. The van der Waals surface area contributed by atoms with E-state index in [0.29, 0.717) is 46.6 Å². The van der Waals surface area contributed by atoms with Crippen LogP contribution in [0.3, 0.4) is 0 Å². The van der Waals surface area contributed by atoms with E-state index in [0.717, 1.165) is 32.3 Å². The fourth-order valence-corrected chi connectivity index (χ4v) is 15.6. The minimum Gasteiger partial charge on any atom is -0.415 e. The molecule has 202 valence electrons. The molecule has 0 N–H and O–H groups in total. The van der Waals surface area contributed by atoms with Crippen molar-refractivity contribution in [2.24, 2.45) is 34.5 Å². The van der Waals surface area contributed by atoms with E-state index in [2.05, 4.69) is 76.2 Å². The second-order valence-corrected chi connectivity index (χ2v) is 20.1. The minimum absolute atomic E-state index is 0.0822. The Morgan fingerprint density at radius 3 is 2.09 bits per heavy atom. The molecule has 0 radical (unpaired) electrons. The highest BCUT2D eigenvalue weighted by molar-refractivity contribution is 6.77. The third kappa shape index (κ3) is 4.23. The maximum atomic E-state index is 12.8. The van der Waals surface area contributed by atoms with Crippen LogP contribution in [0.25, 0.3) is 0 Å². The zero-order valence-electron chi connectivity index (χ0n) is 24.6. The van der Waals surface area contributed by atoms with Crippen LogP contribution in [0.15, 0.2) is 0 Å². The van der Waals surface area contributed by atoms with Gasteiger partial charge in [0, 0.05) is 24.9 Å². The molecule has 0 aromatic heterocycles. The Bertz CT molecular complexity index is 784. The van der Waals surface area contributed by atoms with E-state index in [4.69, 9.17) is 13.9 Å². The van der Waals surface area contributed by atoms with Crippen LogP contribution < -0.4 is 0 Å². The Morgan fingerprint density at radius 2 is 1.51 bits per heavy atom. The zero-order chi connectivity index (χ0) is 26.1. The summed E-state index contributed by atoms with van der Waals surface area (Å²) in [5.41, 5.74) is 1.91. The van der Waals surface area contributed by atoms with Gasteiger partial charge in [-0.25, -0.2) is 0 Å². The average Bonchev–Trinajstić information content (AvgIpc) is 3.06. The highest BCUT2D eigenvalue weighted by Gasteiger charge is 2.68. The molecule has 0 amide bonds. The third-order valence-electron chi connectivity index (χ3n) is 11.3. The predicted molar refractivity (Wildman–Crippen MR) is 145 cm³/mol. The van der Waals surface area contributed by atoms with Crippen LogP contribution in [-0.4, -0.2) is 38.7 Å². The molecule has 0 aromatic carbocycles. The molecule has 35 heavy (non-hydrogen) atoms. The zero-order valence-corrected chi connectivity index (χ0v) is 25.6. The first-order valence-corrected chi connectivity index (χ1v) is 16.8. The molecule has 1 saturated heterocycles. The van der Waals surface area contributed by atoms with Crippen LogP contribution in [0, 0.1) is 34.5 Å². The van der Waals surface area contributed by atoms with Gasteiger partial charge in [-0.3, -0.25) is 4.79 Å². The number of Topliss-reactive ketones (excluding diaryl/α,β-unsaturated/α-hetero) is 1. The normalized spacial score (nSPS) is 43.4. The molecule has 4 aliphatic rings. The summed E-state index contributed by atoms with van der Waals surface area (Å²) in [7, 11) is -2.00. The SMILES string of the molecule is CC(C)[Si](OC[C@@]12CC[C@H]3[C@H](C)C(=O)CC[C@]3(C)[C@H]1[C@@H]1OC(C)(C)O[C@@H]1[C@H](C)C2)(C(C)C)C(C)C. The summed E-state index contributed by atoms with van der Waals surface area (Å²) in [5.74, 6) is 1.31. The van der Waals surface area contributed by atoms with Crippen LogP contribution in [0.1, 0.15) is 108 Å². The first kappa shape index (κ1) is 27.8. The van der Waals surface area contributed by atoms with Gasteiger partial charge in [0.25, 0.3) is 0 Å². The molecular weight excluding hydrogens is 452 g/mol. The maximum Gasteiger partial charge on any atom is 0.200 e. The van der Waals surface area contributed by atoms with Crippen LogP contribution in [-0.2, 0) is 18.7 Å². The molecule has 0 spiro atoms. The lowest BCUT2D eigenvalue weighted by Crippen LogP contribution is -2.65. The number of hydrogen-bond acceptors (Lipinski definition) is 4.